The number of pyridine rings is 1. The van der Waals surface area contributed by atoms with Gasteiger partial charge in [0.1, 0.15) is 0 Å². The van der Waals surface area contributed by atoms with Gasteiger partial charge in [-0.3, -0.25) is 5.10 Å². The molecule has 6 nitrogen and oxygen atoms in total. The zero-order chi connectivity index (χ0) is 23.7. The van der Waals surface area contributed by atoms with Crippen LogP contribution in [0.1, 0.15) is 41.5 Å². The van der Waals surface area contributed by atoms with Gasteiger partial charge in [-0.2, -0.15) is 4.39 Å². The van der Waals surface area contributed by atoms with Gasteiger partial charge < -0.3 is 10.2 Å². The summed E-state index contributed by atoms with van der Waals surface area (Å²) in [5, 5.41) is 25.8. The molecule has 1 aliphatic carbocycles. The lowest BCUT2D eigenvalue weighted by Crippen LogP contribution is -2.15. The van der Waals surface area contributed by atoms with Crippen molar-refractivity contribution in [2.75, 3.05) is 0 Å². The van der Waals surface area contributed by atoms with Crippen molar-refractivity contribution in [3.8, 4) is 5.88 Å². The summed E-state index contributed by atoms with van der Waals surface area (Å²) in [6, 6.07) is 16.7. The standard InChI is InChI=1S/C27H22FN3O3/c28-27-21-14-19(9-10-22(21)30-31-27)26(18-7-4-16(5-8-18)6-11-24(33)34)25(17-2-1-3-17)20-12-13-29-23(32)15-20/h4-15,17H,1-3H2,(H,29,32)(H,30,31)(H,33,34). The molecule has 0 aliphatic heterocycles. The van der Waals surface area contributed by atoms with E-state index in [0.29, 0.717) is 10.9 Å². The number of aromatic hydroxyl groups is 1. The third-order valence-corrected chi connectivity index (χ3v) is 6.26. The Labute approximate surface area is 195 Å². The first-order valence-corrected chi connectivity index (χ1v) is 11.0. The van der Waals surface area contributed by atoms with E-state index in [2.05, 4.69) is 15.2 Å². The van der Waals surface area contributed by atoms with Gasteiger partial charge in [0.05, 0.1) is 10.9 Å². The highest BCUT2D eigenvalue weighted by Crippen LogP contribution is 2.45. The van der Waals surface area contributed by atoms with Crippen LogP contribution in [0.5, 0.6) is 5.88 Å². The number of carbonyl (C=O) groups is 1. The number of carboxylic acids is 1. The minimum absolute atomic E-state index is 0.0563. The molecule has 0 saturated heterocycles. The number of halogens is 1. The number of fused-ring (bicyclic) bond motifs is 1. The van der Waals surface area contributed by atoms with Gasteiger partial charge in [0, 0.05) is 18.3 Å². The highest BCUT2D eigenvalue weighted by molar-refractivity contribution is 6.01. The Morgan fingerprint density at radius 2 is 1.79 bits per heavy atom. The van der Waals surface area contributed by atoms with Crippen LogP contribution in [-0.4, -0.2) is 31.4 Å². The van der Waals surface area contributed by atoms with Crippen LogP contribution < -0.4 is 0 Å². The average Bonchev–Trinajstić information content (AvgIpc) is 3.17. The van der Waals surface area contributed by atoms with E-state index < -0.39 is 11.9 Å². The number of aromatic nitrogens is 3. The molecule has 2 aromatic carbocycles. The lowest BCUT2D eigenvalue weighted by molar-refractivity contribution is -0.131. The van der Waals surface area contributed by atoms with Crippen LogP contribution in [0, 0.1) is 11.9 Å². The average molecular weight is 455 g/mol. The molecule has 0 amide bonds. The van der Waals surface area contributed by atoms with Crippen LogP contribution in [0.15, 0.2) is 66.9 Å². The molecule has 1 saturated carbocycles. The van der Waals surface area contributed by atoms with Crippen molar-refractivity contribution in [2.45, 2.75) is 19.3 Å². The number of rotatable bonds is 6. The van der Waals surface area contributed by atoms with Gasteiger partial charge >= 0.3 is 5.97 Å². The van der Waals surface area contributed by atoms with Gasteiger partial charge in [-0.15, -0.1) is 5.10 Å². The molecule has 170 valence electrons. The molecule has 3 N–H and O–H groups in total. The quantitative estimate of drug-likeness (QED) is 0.326. The first-order valence-electron chi connectivity index (χ1n) is 11.0. The van der Waals surface area contributed by atoms with E-state index in [1.165, 1.54) is 6.08 Å². The van der Waals surface area contributed by atoms with Gasteiger partial charge in [0.25, 0.3) is 0 Å². The Kier molecular flexibility index (Phi) is 5.67. The Hall–Kier alpha value is -4.26. The van der Waals surface area contributed by atoms with Gasteiger partial charge in [0.15, 0.2) is 0 Å². The Balaban J connectivity index is 1.74. The molecule has 0 atom stereocenters. The number of carboxylic acid groups (broad SMARTS) is 1. The Morgan fingerprint density at radius 3 is 2.47 bits per heavy atom. The van der Waals surface area contributed by atoms with Gasteiger partial charge in [-0.1, -0.05) is 36.8 Å². The molecular formula is C27H22FN3O3. The fourth-order valence-corrected chi connectivity index (χ4v) is 4.41. The molecule has 1 fully saturated rings. The van der Waals surface area contributed by atoms with Crippen LogP contribution in [0.4, 0.5) is 4.39 Å². The zero-order valence-corrected chi connectivity index (χ0v) is 18.2. The maximum absolute atomic E-state index is 14.4. The minimum atomic E-state index is -1.01. The van der Waals surface area contributed by atoms with E-state index in [4.69, 9.17) is 5.11 Å². The summed E-state index contributed by atoms with van der Waals surface area (Å²) >= 11 is 0. The van der Waals surface area contributed by atoms with Crippen LogP contribution in [0.3, 0.4) is 0 Å². The molecule has 0 spiro atoms. The van der Waals surface area contributed by atoms with E-state index >= 15 is 0 Å². The van der Waals surface area contributed by atoms with Gasteiger partial charge in [0.2, 0.25) is 11.8 Å². The van der Waals surface area contributed by atoms with E-state index in [1.807, 2.05) is 42.5 Å². The van der Waals surface area contributed by atoms with Crippen molar-refractivity contribution in [1.82, 2.24) is 15.2 Å². The van der Waals surface area contributed by atoms with E-state index in [-0.39, 0.29) is 11.8 Å². The second kappa shape index (κ2) is 8.94. The van der Waals surface area contributed by atoms with Gasteiger partial charge in [-0.25, -0.2) is 9.78 Å². The first-order chi connectivity index (χ1) is 16.5. The molecule has 5 rings (SSSR count). The first kappa shape index (κ1) is 21.6. The van der Waals surface area contributed by atoms with Crippen LogP contribution in [-0.2, 0) is 4.79 Å². The van der Waals surface area contributed by atoms with Gasteiger partial charge in [-0.05, 0) is 76.4 Å². The predicted octanol–water partition coefficient (Wildman–Crippen LogP) is 5.66. The molecule has 1 aliphatic rings. The smallest absolute Gasteiger partial charge is 0.328 e. The highest BCUT2D eigenvalue weighted by atomic mass is 19.1. The number of aliphatic carboxylic acids is 1. The van der Waals surface area contributed by atoms with E-state index in [1.54, 1.807) is 18.3 Å². The summed E-state index contributed by atoms with van der Waals surface area (Å²) in [5.74, 6) is -1.34. The van der Waals surface area contributed by atoms with Crippen molar-refractivity contribution >= 4 is 34.1 Å². The summed E-state index contributed by atoms with van der Waals surface area (Å²) in [5.41, 5.74) is 5.99. The molecular weight excluding hydrogens is 433 g/mol. The molecule has 0 radical (unpaired) electrons. The Bertz CT molecular complexity index is 1430. The fraction of sp³-hybridized carbons (Fsp3) is 0.148. The molecule has 4 aromatic rings. The van der Waals surface area contributed by atoms with E-state index in [0.717, 1.165) is 58.7 Å². The van der Waals surface area contributed by atoms with Crippen molar-refractivity contribution in [3.05, 3.63) is 95.1 Å². The van der Waals surface area contributed by atoms with Crippen molar-refractivity contribution < 1.29 is 19.4 Å². The predicted molar refractivity (Wildman–Crippen MR) is 128 cm³/mol. The maximum Gasteiger partial charge on any atom is 0.328 e. The lowest BCUT2D eigenvalue weighted by atomic mass is 9.73. The third kappa shape index (κ3) is 4.20. The molecule has 2 aromatic heterocycles. The Morgan fingerprint density at radius 1 is 1.03 bits per heavy atom. The topological polar surface area (TPSA) is 99.1 Å². The maximum atomic E-state index is 14.4. The molecule has 0 unspecified atom stereocenters. The van der Waals surface area contributed by atoms with Crippen LogP contribution in [0.25, 0.3) is 28.1 Å². The van der Waals surface area contributed by atoms with Crippen molar-refractivity contribution in [1.29, 1.82) is 0 Å². The second-order valence-electron chi connectivity index (χ2n) is 8.39. The number of nitrogens with zero attached hydrogens (tertiary/aromatic N) is 2. The number of allylic oxidation sites excluding steroid dienone is 1. The second-order valence-corrected chi connectivity index (χ2v) is 8.39. The molecule has 7 heteroatoms. The van der Waals surface area contributed by atoms with Crippen molar-refractivity contribution in [2.24, 2.45) is 5.92 Å². The largest absolute Gasteiger partial charge is 0.493 e. The monoisotopic (exact) mass is 455 g/mol. The summed E-state index contributed by atoms with van der Waals surface area (Å²) in [6.07, 6.45) is 7.37. The van der Waals surface area contributed by atoms with E-state index in [9.17, 15) is 14.3 Å². The minimum Gasteiger partial charge on any atom is -0.493 e. The summed E-state index contributed by atoms with van der Waals surface area (Å²) < 4.78 is 14.4. The molecule has 34 heavy (non-hydrogen) atoms. The van der Waals surface area contributed by atoms with Crippen LogP contribution >= 0.6 is 0 Å². The summed E-state index contributed by atoms with van der Waals surface area (Å²) in [4.78, 5) is 14.8. The SMILES string of the molecule is O=C(O)C=Cc1ccc(C(=C(c2ccnc(O)c2)C2CCC2)c2ccc3[nH]nc(F)c3c2)cc1. The molecule has 2 heterocycles. The third-order valence-electron chi connectivity index (χ3n) is 6.26. The number of nitrogens with one attached hydrogen (secondary N) is 1. The number of aromatic amines is 1. The summed E-state index contributed by atoms with van der Waals surface area (Å²) in [6.45, 7) is 0. The number of benzene rings is 2. The van der Waals surface area contributed by atoms with Crippen molar-refractivity contribution in [3.63, 3.8) is 0 Å². The zero-order valence-electron chi connectivity index (χ0n) is 18.2. The highest BCUT2D eigenvalue weighted by Gasteiger charge is 2.28. The van der Waals surface area contributed by atoms with Crippen LogP contribution in [0.2, 0.25) is 0 Å². The fourth-order valence-electron chi connectivity index (χ4n) is 4.41. The molecule has 0 bridgehead atoms. The number of hydrogen-bond acceptors (Lipinski definition) is 4. The summed E-state index contributed by atoms with van der Waals surface area (Å²) in [7, 11) is 0. The number of hydrogen-bond donors (Lipinski definition) is 3. The normalized spacial score (nSPS) is 14.9. The lowest BCUT2D eigenvalue weighted by Gasteiger charge is -2.31. The number of H-pyrrole nitrogens is 1.